The molecular weight excluding hydrogens is 256 g/mol. The fourth-order valence-corrected chi connectivity index (χ4v) is 1.51. The lowest BCUT2D eigenvalue weighted by Gasteiger charge is -1.96. The Balaban J connectivity index is 2.08. The van der Waals surface area contributed by atoms with Gasteiger partial charge in [0.1, 0.15) is 0 Å². The van der Waals surface area contributed by atoms with Crippen LogP contribution < -0.4 is 5.73 Å². The average Bonchev–Trinajstić information content (AvgIpc) is 2.48. The summed E-state index contributed by atoms with van der Waals surface area (Å²) in [7, 11) is 0. The number of nitro groups is 1. The van der Waals surface area contributed by atoms with E-state index in [1.165, 1.54) is 18.3 Å². The summed E-state index contributed by atoms with van der Waals surface area (Å²) in [6.45, 7) is 0. The van der Waals surface area contributed by atoms with Crippen LogP contribution in [0, 0.1) is 10.1 Å². The minimum Gasteiger partial charge on any atom is -0.382 e. The first-order valence-corrected chi connectivity index (χ1v) is 5.83. The summed E-state index contributed by atoms with van der Waals surface area (Å²) in [5, 5.41) is 18.2. The predicted octanol–water partition coefficient (Wildman–Crippen LogP) is 2.33. The summed E-state index contributed by atoms with van der Waals surface area (Å²) in [6.07, 6.45) is 1.49. The van der Waals surface area contributed by atoms with Crippen molar-refractivity contribution in [3.63, 3.8) is 0 Å². The van der Waals surface area contributed by atoms with E-state index in [4.69, 9.17) is 5.73 Å². The van der Waals surface area contributed by atoms with Gasteiger partial charge < -0.3 is 5.73 Å². The number of hydrogen-bond acceptors (Lipinski definition) is 4. The molecule has 0 aliphatic heterocycles. The molecule has 0 unspecified atom stereocenters. The zero-order valence-electron chi connectivity index (χ0n) is 10.5. The Morgan fingerprint density at radius 3 is 2.35 bits per heavy atom. The topological polar surface area (TPSA) is 93.9 Å². The number of amidine groups is 1. The van der Waals surface area contributed by atoms with E-state index in [-0.39, 0.29) is 5.69 Å². The summed E-state index contributed by atoms with van der Waals surface area (Å²) in [6, 6.07) is 15.3. The highest BCUT2D eigenvalue weighted by Gasteiger charge is 2.02. The second-order valence-electron chi connectivity index (χ2n) is 3.94. The predicted molar refractivity (Wildman–Crippen MR) is 77.9 cm³/mol. The van der Waals surface area contributed by atoms with E-state index in [1.807, 2.05) is 30.3 Å². The van der Waals surface area contributed by atoms with Crippen LogP contribution in [0.1, 0.15) is 11.1 Å². The van der Waals surface area contributed by atoms with Gasteiger partial charge in [-0.2, -0.15) is 5.10 Å². The van der Waals surface area contributed by atoms with Gasteiger partial charge in [-0.05, 0) is 17.7 Å². The molecule has 0 amide bonds. The normalized spacial score (nSPS) is 11.7. The van der Waals surface area contributed by atoms with Crippen LogP contribution in [0.25, 0.3) is 0 Å². The van der Waals surface area contributed by atoms with Crippen molar-refractivity contribution in [3.8, 4) is 0 Å². The van der Waals surface area contributed by atoms with Crippen molar-refractivity contribution in [2.24, 2.45) is 15.9 Å². The Labute approximate surface area is 115 Å². The van der Waals surface area contributed by atoms with Gasteiger partial charge in [0.2, 0.25) is 0 Å². The number of hydrogen-bond donors (Lipinski definition) is 1. The van der Waals surface area contributed by atoms with Crippen LogP contribution in [0.2, 0.25) is 0 Å². The number of non-ortho nitro benzene ring substituents is 1. The minimum absolute atomic E-state index is 0.0365. The lowest BCUT2D eigenvalue weighted by Crippen LogP contribution is -2.12. The average molecular weight is 268 g/mol. The van der Waals surface area contributed by atoms with E-state index in [1.54, 1.807) is 12.1 Å². The van der Waals surface area contributed by atoms with Crippen molar-refractivity contribution < 1.29 is 4.92 Å². The van der Waals surface area contributed by atoms with E-state index in [0.29, 0.717) is 11.4 Å². The van der Waals surface area contributed by atoms with Gasteiger partial charge in [-0.25, -0.2) is 0 Å². The van der Waals surface area contributed by atoms with Crippen LogP contribution in [-0.4, -0.2) is 17.0 Å². The Morgan fingerprint density at radius 1 is 1.10 bits per heavy atom. The van der Waals surface area contributed by atoms with Gasteiger partial charge in [0, 0.05) is 17.7 Å². The number of nitro benzene ring substituents is 1. The van der Waals surface area contributed by atoms with Gasteiger partial charge in [-0.1, -0.05) is 30.3 Å². The van der Waals surface area contributed by atoms with Crippen molar-refractivity contribution in [1.29, 1.82) is 0 Å². The standard InChI is InChI=1S/C14H12N4O2/c15-14(12-4-2-1-3-5-12)17-16-10-11-6-8-13(9-7-11)18(19)20/h1-10H,(H2,15,17). The number of rotatable bonds is 4. The molecule has 0 aliphatic carbocycles. The zero-order valence-corrected chi connectivity index (χ0v) is 10.5. The first-order valence-electron chi connectivity index (χ1n) is 5.83. The van der Waals surface area contributed by atoms with Crippen LogP contribution in [0.3, 0.4) is 0 Å². The van der Waals surface area contributed by atoms with Gasteiger partial charge in [0.25, 0.3) is 5.69 Å². The highest BCUT2D eigenvalue weighted by atomic mass is 16.6. The highest BCUT2D eigenvalue weighted by Crippen LogP contribution is 2.10. The number of nitrogens with two attached hydrogens (primary N) is 1. The van der Waals surface area contributed by atoms with Gasteiger partial charge in [0.05, 0.1) is 11.1 Å². The maximum absolute atomic E-state index is 10.5. The second kappa shape index (κ2) is 6.24. The molecule has 0 bridgehead atoms. The quantitative estimate of drug-likeness (QED) is 0.399. The molecule has 0 heterocycles. The van der Waals surface area contributed by atoms with E-state index in [0.717, 1.165) is 5.56 Å². The summed E-state index contributed by atoms with van der Waals surface area (Å²) in [5.74, 6) is 0.309. The molecule has 0 spiro atoms. The molecule has 0 radical (unpaired) electrons. The molecule has 6 heteroatoms. The van der Waals surface area contributed by atoms with Crippen LogP contribution in [0.4, 0.5) is 5.69 Å². The monoisotopic (exact) mass is 268 g/mol. The Bertz CT molecular complexity index is 649. The van der Waals surface area contributed by atoms with Crippen molar-refractivity contribution in [2.75, 3.05) is 0 Å². The zero-order chi connectivity index (χ0) is 14.4. The summed E-state index contributed by atoms with van der Waals surface area (Å²) in [5.41, 5.74) is 7.30. The Kier molecular flexibility index (Phi) is 4.18. The maximum Gasteiger partial charge on any atom is 0.269 e. The maximum atomic E-state index is 10.5. The summed E-state index contributed by atoms with van der Waals surface area (Å²) in [4.78, 5) is 10.1. The Hall–Kier alpha value is -3.02. The molecule has 2 N–H and O–H groups in total. The molecule has 2 aromatic rings. The fraction of sp³-hybridized carbons (Fsp3) is 0. The van der Waals surface area contributed by atoms with E-state index >= 15 is 0 Å². The van der Waals surface area contributed by atoms with Crippen molar-refractivity contribution in [1.82, 2.24) is 0 Å². The molecule has 0 aromatic heterocycles. The SMILES string of the molecule is NC(=NN=Cc1ccc([N+](=O)[O-])cc1)c1ccccc1. The van der Waals surface area contributed by atoms with Gasteiger partial charge >= 0.3 is 0 Å². The number of benzene rings is 2. The molecule has 0 aliphatic rings. The molecule has 0 atom stereocenters. The van der Waals surface area contributed by atoms with E-state index in [2.05, 4.69) is 10.2 Å². The smallest absolute Gasteiger partial charge is 0.269 e. The first-order chi connectivity index (χ1) is 9.66. The molecule has 6 nitrogen and oxygen atoms in total. The van der Waals surface area contributed by atoms with Crippen LogP contribution in [-0.2, 0) is 0 Å². The first kappa shape index (κ1) is 13.4. The summed E-state index contributed by atoms with van der Waals surface area (Å²) >= 11 is 0. The summed E-state index contributed by atoms with van der Waals surface area (Å²) < 4.78 is 0. The van der Waals surface area contributed by atoms with E-state index < -0.39 is 4.92 Å². The van der Waals surface area contributed by atoms with Gasteiger partial charge in [0.15, 0.2) is 5.84 Å². The number of nitrogens with zero attached hydrogens (tertiary/aromatic N) is 3. The minimum atomic E-state index is -0.452. The molecule has 20 heavy (non-hydrogen) atoms. The van der Waals surface area contributed by atoms with Crippen molar-refractivity contribution in [3.05, 3.63) is 75.8 Å². The Morgan fingerprint density at radius 2 is 1.75 bits per heavy atom. The van der Waals surface area contributed by atoms with E-state index in [9.17, 15) is 10.1 Å². The third kappa shape index (κ3) is 3.49. The molecule has 0 saturated heterocycles. The van der Waals surface area contributed by atoms with Crippen molar-refractivity contribution >= 4 is 17.7 Å². The molecular formula is C14H12N4O2. The molecule has 0 saturated carbocycles. The van der Waals surface area contributed by atoms with Crippen LogP contribution in [0.5, 0.6) is 0 Å². The van der Waals surface area contributed by atoms with Crippen LogP contribution >= 0.6 is 0 Å². The highest BCUT2D eigenvalue weighted by molar-refractivity contribution is 5.97. The third-order valence-corrected chi connectivity index (χ3v) is 2.55. The largest absolute Gasteiger partial charge is 0.382 e. The van der Waals surface area contributed by atoms with Gasteiger partial charge in [-0.15, -0.1) is 5.10 Å². The third-order valence-electron chi connectivity index (χ3n) is 2.55. The molecule has 2 aromatic carbocycles. The molecule has 100 valence electrons. The van der Waals surface area contributed by atoms with Crippen LogP contribution in [0.15, 0.2) is 64.8 Å². The lowest BCUT2D eigenvalue weighted by atomic mass is 10.2. The van der Waals surface area contributed by atoms with Crippen molar-refractivity contribution in [2.45, 2.75) is 0 Å². The lowest BCUT2D eigenvalue weighted by molar-refractivity contribution is -0.384. The molecule has 2 rings (SSSR count). The van der Waals surface area contributed by atoms with Gasteiger partial charge in [-0.3, -0.25) is 10.1 Å². The molecule has 0 fully saturated rings. The fourth-order valence-electron chi connectivity index (χ4n) is 1.51. The second-order valence-corrected chi connectivity index (χ2v) is 3.94.